The van der Waals surface area contributed by atoms with Crippen LogP contribution in [0, 0.1) is 23.7 Å². The third kappa shape index (κ3) is 1.76. The largest absolute Gasteiger partial charge is 0.0819 e. The van der Waals surface area contributed by atoms with Gasteiger partial charge in [-0.05, 0) is 49.9 Å². The Bertz CT molecular complexity index is 226. The van der Waals surface area contributed by atoms with Crippen molar-refractivity contribution in [2.45, 2.75) is 52.9 Å². The van der Waals surface area contributed by atoms with Crippen LogP contribution in [0.25, 0.3) is 0 Å². The zero-order chi connectivity index (χ0) is 10.1. The minimum atomic E-state index is 0.928. The summed E-state index contributed by atoms with van der Waals surface area (Å²) < 4.78 is 0. The maximum absolute atomic E-state index is 2.61. The van der Waals surface area contributed by atoms with Gasteiger partial charge in [0.1, 0.15) is 0 Å². The average Bonchev–Trinajstić information content (AvgIpc) is 2.18. The molecule has 0 bridgehead atoms. The second kappa shape index (κ2) is 4.08. The molecule has 0 amide bonds. The summed E-state index contributed by atoms with van der Waals surface area (Å²) in [6.45, 7) is 7.16. The van der Waals surface area contributed by atoms with Crippen LogP contribution in [0.1, 0.15) is 52.9 Å². The van der Waals surface area contributed by atoms with Crippen LogP contribution in [-0.4, -0.2) is 0 Å². The monoisotopic (exact) mass is 192 g/mol. The fourth-order valence-electron chi connectivity index (χ4n) is 3.63. The van der Waals surface area contributed by atoms with Gasteiger partial charge in [0.25, 0.3) is 0 Å². The molecule has 0 aliphatic heterocycles. The van der Waals surface area contributed by atoms with Gasteiger partial charge in [0.05, 0.1) is 0 Å². The van der Waals surface area contributed by atoms with Crippen LogP contribution in [0.2, 0.25) is 0 Å². The summed E-state index contributed by atoms with van der Waals surface area (Å²) in [5, 5.41) is 0. The van der Waals surface area contributed by atoms with E-state index in [4.69, 9.17) is 0 Å². The van der Waals surface area contributed by atoms with Crippen LogP contribution in [0.15, 0.2) is 11.6 Å². The van der Waals surface area contributed by atoms with E-state index in [0.717, 1.165) is 23.7 Å². The van der Waals surface area contributed by atoms with E-state index < -0.39 is 0 Å². The lowest BCUT2D eigenvalue weighted by Crippen LogP contribution is -2.34. The van der Waals surface area contributed by atoms with E-state index in [9.17, 15) is 0 Å². The second-order valence-corrected chi connectivity index (χ2v) is 5.52. The van der Waals surface area contributed by atoms with Crippen LogP contribution in [0.3, 0.4) is 0 Å². The quantitative estimate of drug-likeness (QED) is 0.540. The molecule has 1 saturated carbocycles. The van der Waals surface area contributed by atoms with Crippen molar-refractivity contribution in [3.8, 4) is 0 Å². The summed E-state index contributed by atoms with van der Waals surface area (Å²) in [6.07, 6.45) is 9.78. The van der Waals surface area contributed by atoms with E-state index in [-0.39, 0.29) is 0 Å². The van der Waals surface area contributed by atoms with Crippen LogP contribution in [0.5, 0.6) is 0 Å². The fraction of sp³-hybridized carbons (Fsp3) is 0.857. The molecule has 0 heteroatoms. The molecule has 0 saturated heterocycles. The molecule has 2 aliphatic rings. The third-order valence-corrected chi connectivity index (χ3v) is 4.64. The highest BCUT2D eigenvalue weighted by Gasteiger charge is 2.36. The number of hydrogen-bond acceptors (Lipinski definition) is 0. The summed E-state index contributed by atoms with van der Waals surface area (Å²) in [7, 11) is 0. The predicted molar refractivity (Wildman–Crippen MR) is 62.2 cm³/mol. The first kappa shape index (κ1) is 10.3. The van der Waals surface area contributed by atoms with Crippen LogP contribution < -0.4 is 0 Å². The highest BCUT2D eigenvalue weighted by atomic mass is 14.4. The Morgan fingerprint density at radius 3 is 2.79 bits per heavy atom. The van der Waals surface area contributed by atoms with Crippen molar-refractivity contribution in [2.75, 3.05) is 0 Å². The van der Waals surface area contributed by atoms with Crippen molar-refractivity contribution in [1.29, 1.82) is 0 Å². The van der Waals surface area contributed by atoms with Crippen LogP contribution in [-0.2, 0) is 0 Å². The lowest BCUT2D eigenvalue weighted by molar-refractivity contribution is 0.114. The van der Waals surface area contributed by atoms with Gasteiger partial charge in [-0.1, -0.05) is 38.3 Å². The minimum Gasteiger partial charge on any atom is -0.0819 e. The van der Waals surface area contributed by atoms with Crippen molar-refractivity contribution in [3.05, 3.63) is 11.6 Å². The molecule has 2 aliphatic carbocycles. The van der Waals surface area contributed by atoms with Gasteiger partial charge < -0.3 is 0 Å². The Kier molecular flexibility index (Phi) is 2.99. The summed E-state index contributed by atoms with van der Waals surface area (Å²) in [4.78, 5) is 0. The molecule has 0 aromatic carbocycles. The molecule has 0 aromatic rings. The molecule has 0 nitrogen and oxygen atoms in total. The summed E-state index contributed by atoms with van der Waals surface area (Å²) in [5.41, 5.74) is 1.65. The zero-order valence-electron chi connectivity index (χ0n) is 9.92. The van der Waals surface area contributed by atoms with Crippen molar-refractivity contribution in [3.63, 3.8) is 0 Å². The van der Waals surface area contributed by atoms with E-state index in [1.54, 1.807) is 5.57 Å². The molecule has 80 valence electrons. The number of fused-ring (bicyclic) bond motifs is 1. The van der Waals surface area contributed by atoms with Gasteiger partial charge in [-0.2, -0.15) is 0 Å². The Morgan fingerprint density at radius 2 is 2.07 bits per heavy atom. The molecule has 4 atom stereocenters. The molecular formula is C14H24. The summed E-state index contributed by atoms with van der Waals surface area (Å²) in [6, 6.07) is 0. The smallest absolute Gasteiger partial charge is 0.0172 e. The van der Waals surface area contributed by atoms with E-state index in [2.05, 4.69) is 26.8 Å². The predicted octanol–water partition coefficient (Wildman–Crippen LogP) is 4.42. The van der Waals surface area contributed by atoms with Gasteiger partial charge in [0, 0.05) is 0 Å². The zero-order valence-corrected chi connectivity index (χ0v) is 9.92. The maximum Gasteiger partial charge on any atom is -0.0172 e. The normalized spacial score (nSPS) is 42.9. The first-order valence-corrected chi connectivity index (χ1v) is 6.39. The molecule has 14 heavy (non-hydrogen) atoms. The molecule has 0 heterocycles. The van der Waals surface area contributed by atoms with Gasteiger partial charge in [0.2, 0.25) is 0 Å². The standard InChI is InChI=1S/C14H24/c1-4-12-7-6-11(3)13-8-5-10(2)9-14(12)13/h9,11-14H,4-8H2,1-3H3/t11-,12?,13?,14?/m1/s1. The van der Waals surface area contributed by atoms with Crippen molar-refractivity contribution in [1.82, 2.24) is 0 Å². The fourth-order valence-corrected chi connectivity index (χ4v) is 3.63. The highest BCUT2D eigenvalue weighted by Crippen LogP contribution is 2.46. The van der Waals surface area contributed by atoms with Gasteiger partial charge in [-0.25, -0.2) is 0 Å². The Morgan fingerprint density at radius 1 is 1.29 bits per heavy atom. The number of rotatable bonds is 1. The van der Waals surface area contributed by atoms with Gasteiger partial charge in [0.15, 0.2) is 0 Å². The number of hydrogen-bond donors (Lipinski definition) is 0. The molecule has 3 unspecified atom stereocenters. The summed E-state index contributed by atoms with van der Waals surface area (Å²) >= 11 is 0. The summed E-state index contributed by atoms with van der Waals surface area (Å²) in [5.74, 6) is 3.91. The Balaban J connectivity index is 2.17. The molecular weight excluding hydrogens is 168 g/mol. The van der Waals surface area contributed by atoms with Gasteiger partial charge in [-0.3, -0.25) is 0 Å². The van der Waals surface area contributed by atoms with Crippen molar-refractivity contribution in [2.24, 2.45) is 23.7 Å². The van der Waals surface area contributed by atoms with Gasteiger partial charge >= 0.3 is 0 Å². The topological polar surface area (TPSA) is 0 Å². The average molecular weight is 192 g/mol. The molecule has 0 radical (unpaired) electrons. The van der Waals surface area contributed by atoms with E-state index in [0.29, 0.717) is 0 Å². The number of allylic oxidation sites excluding steroid dienone is 2. The first-order chi connectivity index (χ1) is 6.72. The third-order valence-electron chi connectivity index (χ3n) is 4.64. The van der Waals surface area contributed by atoms with Crippen LogP contribution >= 0.6 is 0 Å². The molecule has 2 rings (SSSR count). The second-order valence-electron chi connectivity index (χ2n) is 5.52. The first-order valence-electron chi connectivity index (χ1n) is 6.39. The van der Waals surface area contributed by atoms with E-state index in [1.165, 1.54) is 32.1 Å². The maximum atomic E-state index is 2.61. The lowest BCUT2D eigenvalue weighted by Gasteiger charge is -2.43. The molecule has 0 N–H and O–H groups in total. The molecule has 0 spiro atoms. The van der Waals surface area contributed by atoms with E-state index in [1.807, 2.05) is 0 Å². The Hall–Kier alpha value is -0.260. The molecule has 1 fully saturated rings. The molecule has 0 aromatic heterocycles. The SMILES string of the molecule is CCC1CC[C@@H](C)C2CCC(C)=CC12. The lowest BCUT2D eigenvalue weighted by atomic mass is 9.62. The minimum absolute atomic E-state index is 0.928. The Labute approximate surface area is 88.8 Å². The van der Waals surface area contributed by atoms with Crippen molar-refractivity contribution < 1.29 is 0 Å². The highest BCUT2D eigenvalue weighted by molar-refractivity contribution is 5.10. The van der Waals surface area contributed by atoms with Gasteiger partial charge in [-0.15, -0.1) is 0 Å². The van der Waals surface area contributed by atoms with Crippen molar-refractivity contribution >= 4 is 0 Å². The van der Waals surface area contributed by atoms with E-state index >= 15 is 0 Å². The van der Waals surface area contributed by atoms with Crippen LogP contribution in [0.4, 0.5) is 0 Å².